The van der Waals surface area contributed by atoms with E-state index in [0.29, 0.717) is 17.4 Å². The Balaban J connectivity index is 1.78. The highest BCUT2D eigenvalue weighted by molar-refractivity contribution is 6.31. The largest absolute Gasteiger partial charge is 0.397 e. The molecule has 104 valence electrons. The van der Waals surface area contributed by atoms with Crippen LogP contribution in [0.3, 0.4) is 0 Å². The first-order valence-corrected chi connectivity index (χ1v) is 7.09. The Bertz CT molecular complexity index is 642. The van der Waals surface area contributed by atoms with Crippen LogP contribution in [0.25, 0.3) is 0 Å². The molecule has 2 nitrogen and oxygen atoms in total. The summed E-state index contributed by atoms with van der Waals surface area (Å²) in [5.74, 6) is -0.483. The third kappa shape index (κ3) is 2.59. The van der Waals surface area contributed by atoms with Gasteiger partial charge in [-0.3, -0.25) is 0 Å². The number of halogens is 2. The average Bonchev–Trinajstić information content (AvgIpc) is 2.44. The second-order valence-corrected chi connectivity index (χ2v) is 5.61. The molecule has 0 radical (unpaired) electrons. The highest BCUT2D eigenvalue weighted by atomic mass is 35.5. The Kier molecular flexibility index (Phi) is 3.53. The van der Waals surface area contributed by atoms with Gasteiger partial charge in [-0.2, -0.15) is 0 Å². The molecular formula is C16H16ClFN2. The molecule has 1 atom stereocenters. The molecule has 20 heavy (non-hydrogen) atoms. The van der Waals surface area contributed by atoms with Crippen molar-refractivity contribution in [3.63, 3.8) is 0 Å². The predicted octanol–water partition coefficient (Wildman–Crippen LogP) is 4.03. The maximum Gasteiger partial charge on any atom is 0.143 e. The summed E-state index contributed by atoms with van der Waals surface area (Å²) < 4.78 is 13.3. The number of fused-ring (bicyclic) bond motifs is 1. The lowest BCUT2D eigenvalue weighted by Gasteiger charge is -2.27. The molecule has 0 bridgehead atoms. The minimum Gasteiger partial charge on any atom is -0.397 e. The number of nitrogen functional groups attached to an aromatic ring is 1. The van der Waals surface area contributed by atoms with Gasteiger partial charge >= 0.3 is 0 Å². The highest BCUT2D eigenvalue weighted by Crippen LogP contribution is 2.29. The number of hydrogen-bond acceptors (Lipinski definition) is 2. The Morgan fingerprint density at radius 3 is 2.75 bits per heavy atom. The van der Waals surface area contributed by atoms with Crippen LogP contribution in [0.15, 0.2) is 36.4 Å². The van der Waals surface area contributed by atoms with Crippen molar-refractivity contribution in [2.45, 2.75) is 25.3 Å². The molecule has 0 aliphatic heterocycles. The topological polar surface area (TPSA) is 38.0 Å². The number of aryl methyl sites for hydroxylation is 1. The maximum absolute atomic E-state index is 13.3. The normalized spacial score (nSPS) is 17.6. The summed E-state index contributed by atoms with van der Waals surface area (Å²) in [6.45, 7) is 0. The van der Waals surface area contributed by atoms with Crippen LogP contribution in [0.5, 0.6) is 0 Å². The van der Waals surface area contributed by atoms with E-state index in [1.165, 1.54) is 17.2 Å². The molecule has 3 N–H and O–H groups in total. The van der Waals surface area contributed by atoms with E-state index < -0.39 is 5.82 Å². The third-order valence-electron chi connectivity index (χ3n) is 3.80. The third-order valence-corrected chi connectivity index (χ3v) is 4.09. The fourth-order valence-electron chi connectivity index (χ4n) is 2.73. The number of nitrogens with one attached hydrogen (secondary N) is 1. The Hall–Kier alpha value is -1.74. The maximum atomic E-state index is 13.3. The molecular weight excluding hydrogens is 275 g/mol. The summed E-state index contributed by atoms with van der Waals surface area (Å²) in [4.78, 5) is 0. The molecule has 3 rings (SSSR count). The second-order valence-electron chi connectivity index (χ2n) is 5.21. The number of anilines is 2. The van der Waals surface area contributed by atoms with Crippen molar-refractivity contribution in [3.8, 4) is 0 Å². The van der Waals surface area contributed by atoms with Gasteiger partial charge in [-0.25, -0.2) is 4.39 Å². The van der Waals surface area contributed by atoms with Crippen molar-refractivity contribution < 1.29 is 4.39 Å². The monoisotopic (exact) mass is 290 g/mol. The van der Waals surface area contributed by atoms with E-state index in [4.69, 9.17) is 17.3 Å². The van der Waals surface area contributed by atoms with E-state index in [2.05, 4.69) is 29.6 Å². The summed E-state index contributed by atoms with van der Waals surface area (Å²) >= 11 is 5.81. The first-order chi connectivity index (χ1) is 9.63. The molecule has 0 spiro atoms. The van der Waals surface area contributed by atoms with Gasteiger partial charge in [0.2, 0.25) is 0 Å². The van der Waals surface area contributed by atoms with Crippen molar-refractivity contribution in [1.82, 2.24) is 0 Å². The fourth-order valence-corrected chi connectivity index (χ4v) is 2.89. The number of rotatable bonds is 2. The van der Waals surface area contributed by atoms with E-state index >= 15 is 0 Å². The molecule has 1 aliphatic rings. The number of benzene rings is 2. The van der Waals surface area contributed by atoms with Crippen molar-refractivity contribution in [2.24, 2.45) is 0 Å². The average molecular weight is 291 g/mol. The first-order valence-electron chi connectivity index (χ1n) is 6.71. The minimum atomic E-state index is -0.483. The highest BCUT2D eigenvalue weighted by Gasteiger charge is 2.19. The molecule has 0 aromatic heterocycles. The van der Waals surface area contributed by atoms with Crippen LogP contribution in [0.4, 0.5) is 15.8 Å². The van der Waals surface area contributed by atoms with E-state index in [9.17, 15) is 4.39 Å². The standard InChI is InChI=1S/C16H16ClFN2/c17-13-8-16(15(19)9-14(13)18)20-12-6-5-10-3-1-2-4-11(10)7-12/h1-4,8-9,12,20H,5-7,19H2. The first kappa shape index (κ1) is 13.3. The van der Waals surface area contributed by atoms with Gasteiger partial charge in [-0.05, 0) is 36.5 Å². The van der Waals surface area contributed by atoms with Crippen LogP contribution in [0.2, 0.25) is 5.02 Å². The minimum absolute atomic E-state index is 0.0953. The summed E-state index contributed by atoms with van der Waals surface area (Å²) in [5.41, 5.74) is 9.72. The molecule has 4 heteroatoms. The number of hydrogen-bond donors (Lipinski definition) is 2. The van der Waals surface area contributed by atoms with Crippen molar-refractivity contribution in [1.29, 1.82) is 0 Å². The Labute approximate surface area is 122 Å². The van der Waals surface area contributed by atoms with Crippen LogP contribution < -0.4 is 11.1 Å². The lowest BCUT2D eigenvalue weighted by Crippen LogP contribution is -2.27. The lowest BCUT2D eigenvalue weighted by molar-refractivity contribution is 0.609. The number of nitrogens with two attached hydrogens (primary N) is 1. The molecule has 1 unspecified atom stereocenters. The van der Waals surface area contributed by atoms with Gasteiger partial charge in [-0.1, -0.05) is 35.9 Å². The van der Waals surface area contributed by atoms with Crippen molar-refractivity contribution in [2.75, 3.05) is 11.1 Å². The summed E-state index contributed by atoms with van der Waals surface area (Å²) in [5, 5.41) is 3.48. The van der Waals surface area contributed by atoms with E-state index in [0.717, 1.165) is 19.3 Å². The molecule has 2 aromatic rings. The van der Waals surface area contributed by atoms with Crippen LogP contribution in [-0.2, 0) is 12.8 Å². The van der Waals surface area contributed by atoms with Crippen LogP contribution in [-0.4, -0.2) is 6.04 Å². The van der Waals surface area contributed by atoms with Gasteiger partial charge in [0.1, 0.15) is 5.82 Å². The van der Waals surface area contributed by atoms with Gasteiger partial charge < -0.3 is 11.1 Å². The summed E-state index contributed by atoms with van der Waals surface area (Å²) in [7, 11) is 0. The fraction of sp³-hybridized carbons (Fsp3) is 0.250. The van der Waals surface area contributed by atoms with Gasteiger partial charge in [0.15, 0.2) is 0 Å². The van der Waals surface area contributed by atoms with E-state index in [1.807, 2.05) is 0 Å². The van der Waals surface area contributed by atoms with Gasteiger partial charge in [-0.15, -0.1) is 0 Å². The van der Waals surface area contributed by atoms with E-state index in [1.54, 1.807) is 6.07 Å². The van der Waals surface area contributed by atoms with Crippen LogP contribution in [0.1, 0.15) is 17.5 Å². The van der Waals surface area contributed by atoms with E-state index in [-0.39, 0.29) is 5.02 Å². The molecule has 2 aromatic carbocycles. The van der Waals surface area contributed by atoms with Gasteiger partial charge in [0, 0.05) is 12.1 Å². The summed E-state index contributed by atoms with van der Waals surface area (Å²) in [6, 6.07) is 11.6. The van der Waals surface area contributed by atoms with Crippen molar-refractivity contribution >= 4 is 23.0 Å². The van der Waals surface area contributed by atoms with Gasteiger partial charge in [0.25, 0.3) is 0 Å². The van der Waals surface area contributed by atoms with Crippen LogP contribution >= 0.6 is 11.6 Å². The molecule has 0 fully saturated rings. The molecule has 0 saturated carbocycles. The summed E-state index contributed by atoms with van der Waals surface area (Å²) in [6.07, 6.45) is 3.03. The Morgan fingerprint density at radius 1 is 1.20 bits per heavy atom. The zero-order chi connectivity index (χ0) is 14.1. The molecule has 0 saturated heterocycles. The van der Waals surface area contributed by atoms with Gasteiger partial charge in [0.05, 0.1) is 16.4 Å². The van der Waals surface area contributed by atoms with Crippen LogP contribution in [0, 0.1) is 5.82 Å². The zero-order valence-corrected chi connectivity index (χ0v) is 11.8. The smallest absolute Gasteiger partial charge is 0.143 e. The molecule has 1 aliphatic carbocycles. The second kappa shape index (κ2) is 5.33. The predicted molar refractivity (Wildman–Crippen MR) is 81.7 cm³/mol. The molecule has 0 heterocycles. The zero-order valence-electron chi connectivity index (χ0n) is 11.0. The van der Waals surface area contributed by atoms with Crippen molar-refractivity contribution in [3.05, 3.63) is 58.4 Å². The quantitative estimate of drug-likeness (QED) is 0.820. The SMILES string of the molecule is Nc1cc(F)c(Cl)cc1NC1CCc2ccccc2C1. The lowest BCUT2D eigenvalue weighted by atomic mass is 9.88. The Morgan fingerprint density at radius 2 is 1.95 bits per heavy atom. The molecule has 0 amide bonds.